The molecule has 0 aliphatic heterocycles. The lowest BCUT2D eigenvalue weighted by molar-refractivity contribution is -0.137. The van der Waals surface area contributed by atoms with E-state index in [0.29, 0.717) is 0 Å². The molecule has 40 valence electrons. The molecule has 0 aromatic heterocycles. The van der Waals surface area contributed by atoms with E-state index >= 15 is 0 Å². The van der Waals surface area contributed by atoms with Gasteiger partial charge in [-0.3, -0.25) is 4.79 Å². The smallest absolute Gasteiger partial charge is 0.324 e. The van der Waals surface area contributed by atoms with Gasteiger partial charge in [0.15, 0.2) is 0 Å². The van der Waals surface area contributed by atoms with Gasteiger partial charge in [-0.15, -0.1) is 6.58 Å². The van der Waals surface area contributed by atoms with Crippen molar-refractivity contribution in [3.05, 3.63) is 12.7 Å². The van der Waals surface area contributed by atoms with Crippen LogP contribution in [0.1, 0.15) is 0 Å². The van der Waals surface area contributed by atoms with Crippen LogP contribution in [0.2, 0.25) is 0 Å². The molecule has 0 aliphatic carbocycles. The lowest BCUT2D eigenvalue weighted by atomic mass is 10.3. The maximum absolute atomic E-state index is 9.73. The Bertz CT molecular complexity index is 89.7. The molecule has 0 heterocycles. The van der Waals surface area contributed by atoms with Crippen molar-refractivity contribution in [1.29, 1.82) is 0 Å². The first kappa shape index (κ1) is 6.17. The summed E-state index contributed by atoms with van der Waals surface area (Å²) in [4.78, 5) is 9.73. The van der Waals surface area contributed by atoms with Gasteiger partial charge >= 0.3 is 5.97 Å². The second-order valence-corrected chi connectivity index (χ2v) is 1.10. The molecule has 0 aliphatic rings. The van der Waals surface area contributed by atoms with Crippen molar-refractivity contribution in [3.8, 4) is 0 Å². The third-order valence-electron chi connectivity index (χ3n) is 0.539. The number of aliphatic carboxylic acids is 1. The zero-order valence-electron chi connectivity index (χ0n) is 3.79. The molecular formula is C4H7NO2. The van der Waals surface area contributed by atoms with Gasteiger partial charge in [0.25, 0.3) is 0 Å². The van der Waals surface area contributed by atoms with Crippen LogP contribution in [-0.4, -0.2) is 17.1 Å². The van der Waals surface area contributed by atoms with Crippen LogP contribution < -0.4 is 5.73 Å². The number of rotatable bonds is 2. The van der Waals surface area contributed by atoms with E-state index in [4.69, 9.17) is 10.8 Å². The lowest BCUT2D eigenvalue weighted by Crippen LogP contribution is -2.26. The van der Waals surface area contributed by atoms with Crippen LogP contribution in [0, 0.1) is 0 Å². The molecule has 0 rings (SSSR count). The van der Waals surface area contributed by atoms with E-state index in [1.165, 1.54) is 6.08 Å². The van der Waals surface area contributed by atoms with E-state index in [1.54, 1.807) is 0 Å². The molecule has 0 saturated heterocycles. The monoisotopic (exact) mass is 101 g/mol. The van der Waals surface area contributed by atoms with E-state index < -0.39 is 12.0 Å². The van der Waals surface area contributed by atoms with Crippen molar-refractivity contribution < 1.29 is 9.90 Å². The van der Waals surface area contributed by atoms with Gasteiger partial charge < -0.3 is 10.8 Å². The van der Waals surface area contributed by atoms with Crippen LogP contribution in [0.15, 0.2) is 12.7 Å². The molecule has 0 saturated carbocycles. The summed E-state index contributed by atoms with van der Waals surface area (Å²) in [6.07, 6.45) is 1.17. The summed E-state index contributed by atoms with van der Waals surface area (Å²) in [5.41, 5.74) is 4.90. The predicted molar refractivity (Wildman–Crippen MR) is 25.8 cm³/mol. The van der Waals surface area contributed by atoms with Crippen molar-refractivity contribution in [2.75, 3.05) is 0 Å². The second-order valence-electron chi connectivity index (χ2n) is 1.10. The highest BCUT2D eigenvalue weighted by Gasteiger charge is 2.02. The third kappa shape index (κ3) is 1.94. The summed E-state index contributed by atoms with van der Waals surface area (Å²) < 4.78 is 0. The number of carbonyl (C=O) groups is 1. The molecule has 0 amide bonds. The lowest BCUT2D eigenvalue weighted by Gasteiger charge is -1.92. The Balaban J connectivity index is 3.55. The summed E-state index contributed by atoms with van der Waals surface area (Å²) >= 11 is 0. The van der Waals surface area contributed by atoms with Crippen molar-refractivity contribution in [3.63, 3.8) is 0 Å². The summed E-state index contributed by atoms with van der Waals surface area (Å²) in [6, 6.07) is -0.917. The second kappa shape index (κ2) is 2.36. The van der Waals surface area contributed by atoms with Gasteiger partial charge in [-0.2, -0.15) is 0 Å². The SMILES string of the molecule is C=CC(N)C(=O)O. The first-order valence-electron chi connectivity index (χ1n) is 1.79. The van der Waals surface area contributed by atoms with Crippen LogP contribution >= 0.6 is 0 Å². The molecule has 3 heteroatoms. The number of nitrogens with two attached hydrogens (primary N) is 1. The fourth-order valence-electron chi connectivity index (χ4n) is 0.101. The van der Waals surface area contributed by atoms with Crippen molar-refractivity contribution in [2.24, 2.45) is 5.73 Å². The number of carboxylic acid groups (broad SMARTS) is 1. The van der Waals surface area contributed by atoms with E-state index in [2.05, 4.69) is 6.58 Å². The fourth-order valence-corrected chi connectivity index (χ4v) is 0.101. The predicted octanol–water partition coefficient (Wildman–Crippen LogP) is -0.416. The minimum absolute atomic E-state index is 0.917. The molecule has 0 radical (unpaired) electrons. The fraction of sp³-hybridized carbons (Fsp3) is 0.250. The minimum Gasteiger partial charge on any atom is -0.480 e. The molecule has 3 nitrogen and oxygen atoms in total. The Morgan fingerprint density at radius 1 is 2.00 bits per heavy atom. The van der Waals surface area contributed by atoms with E-state index in [-0.39, 0.29) is 0 Å². The molecule has 3 N–H and O–H groups in total. The first-order chi connectivity index (χ1) is 3.18. The van der Waals surface area contributed by atoms with Crippen LogP contribution in [0.4, 0.5) is 0 Å². The largest absolute Gasteiger partial charge is 0.480 e. The number of hydrogen-bond acceptors (Lipinski definition) is 2. The Kier molecular flexibility index (Phi) is 2.08. The molecule has 0 aromatic rings. The Morgan fingerprint density at radius 2 is 2.43 bits per heavy atom. The van der Waals surface area contributed by atoms with Crippen molar-refractivity contribution in [1.82, 2.24) is 0 Å². The number of hydrogen-bond donors (Lipinski definition) is 2. The van der Waals surface area contributed by atoms with Gasteiger partial charge in [-0.1, -0.05) is 6.08 Å². The normalized spacial score (nSPS) is 12.7. The highest BCUT2D eigenvalue weighted by Crippen LogP contribution is 1.74. The quantitative estimate of drug-likeness (QED) is 0.464. The highest BCUT2D eigenvalue weighted by atomic mass is 16.4. The molecule has 0 bridgehead atoms. The van der Waals surface area contributed by atoms with E-state index in [1.807, 2.05) is 0 Å². The molecule has 0 spiro atoms. The molecular weight excluding hydrogens is 94.0 g/mol. The average molecular weight is 101 g/mol. The third-order valence-corrected chi connectivity index (χ3v) is 0.539. The topological polar surface area (TPSA) is 63.3 Å². The zero-order valence-corrected chi connectivity index (χ0v) is 3.79. The summed E-state index contributed by atoms with van der Waals surface area (Å²) in [5, 5.41) is 7.99. The van der Waals surface area contributed by atoms with Gasteiger partial charge in [-0.05, 0) is 0 Å². The van der Waals surface area contributed by atoms with Crippen molar-refractivity contribution >= 4 is 5.97 Å². The van der Waals surface area contributed by atoms with Gasteiger partial charge in [-0.25, -0.2) is 0 Å². The standard InChI is InChI=1S/C4H7NO2/c1-2-3(5)4(6)7/h2-3H,1,5H2,(H,6,7). The van der Waals surface area contributed by atoms with Gasteiger partial charge in [0.1, 0.15) is 6.04 Å². The highest BCUT2D eigenvalue weighted by molar-refractivity contribution is 5.75. The molecule has 0 aromatic carbocycles. The van der Waals surface area contributed by atoms with E-state index in [9.17, 15) is 4.79 Å². The Morgan fingerprint density at radius 3 is 2.43 bits per heavy atom. The molecule has 0 fully saturated rings. The first-order valence-corrected chi connectivity index (χ1v) is 1.79. The zero-order chi connectivity index (χ0) is 5.86. The van der Waals surface area contributed by atoms with Gasteiger partial charge in [0, 0.05) is 0 Å². The Hall–Kier alpha value is -0.830. The van der Waals surface area contributed by atoms with Crippen molar-refractivity contribution in [2.45, 2.75) is 6.04 Å². The summed E-state index contributed by atoms with van der Waals surface area (Å²) in [7, 11) is 0. The molecule has 1 unspecified atom stereocenters. The van der Waals surface area contributed by atoms with Crippen LogP contribution in [0.5, 0.6) is 0 Å². The van der Waals surface area contributed by atoms with E-state index in [0.717, 1.165) is 0 Å². The summed E-state index contributed by atoms with van der Waals surface area (Å²) in [6.45, 7) is 3.18. The minimum atomic E-state index is -1.05. The maximum Gasteiger partial charge on any atom is 0.324 e. The molecule has 1 atom stereocenters. The number of carboxylic acids is 1. The average Bonchev–Trinajstić information content (AvgIpc) is 1.65. The summed E-state index contributed by atoms with van der Waals surface area (Å²) in [5.74, 6) is -1.05. The Labute approximate surface area is 41.4 Å². The van der Waals surface area contributed by atoms with Crippen LogP contribution in [-0.2, 0) is 4.79 Å². The van der Waals surface area contributed by atoms with Crippen LogP contribution in [0.3, 0.4) is 0 Å². The van der Waals surface area contributed by atoms with Crippen LogP contribution in [0.25, 0.3) is 0 Å². The molecule has 7 heavy (non-hydrogen) atoms. The van der Waals surface area contributed by atoms with Gasteiger partial charge in [0.05, 0.1) is 0 Å². The van der Waals surface area contributed by atoms with Gasteiger partial charge in [0.2, 0.25) is 0 Å². The maximum atomic E-state index is 9.73.